The summed E-state index contributed by atoms with van der Waals surface area (Å²) in [6.45, 7) is 3.43. The Morgan fingerprint density at radius 2 is 1.68 bits per heavy atom. The number of dihydropyridines is 1. The highest BCUT2D eigenvalue weighted by Crippen LogP contribution is 2.73. The van der Waals surface area contributed by atoms with Crippen LogP contribution in [0.15, 0.2) is 81.2 Å². The van der Waals surface area contributed by atoms with Crippen molar-refractivity contribution in [3.63, 3.8) is 0 Å². The molecule has 5 aliphatic heterocycles. The first kappa shape index (κ1) is 55.2. The van der Waals surface area contributed by atoms with Crippen LogP contribution in [0.1, 0.15) is 148 Å². The molecule has 0 aromatic rings. The third-order valence-electron chi connectivity index (χ3n) is 22.7. The predicted octanol–water partition coefficient (Wildman–Crippen LogP) is 9.41. The first-order valence-corrected chi connectivity index (χ1v) is 33.6. The predicted molar refractivity (Wildman–Crippen MR) is 308 cm³/mol. The summed E-state index contributed by atoms with van der Waals surface area (Å²) in [6, 6.07) is 0. The molecule has 9 aliphatic carbocycles. The average Bonchev–Trinajstić information content (AvgIpc) is 4.39. The van der Waals surface area contributed by atoms with Gasteiger partial charge in [-0.1, -0.05) is 79.0 Å². The highest BCUT2D eigenvalue weighted by molar-refractivity contribution is 8.76. The largest absolute Gasteiger partial charge is 0.427 e. The molecule has 9 bridgehead atoms. The van der Waals surface area contributed by atoms with E-state index < -0.39 is 17.4 Å². The Morgan fingerprint density at radius 3 is 2.46 bits per heavy atom. The first-order chi connectivity index (χ1) is 39.0. The fourth-order valence-corrected chi connectivity index (χ4v) is 21.5. The Bertz CT molecular complexity index is 2790. The van der Waals surface area contributed by atoms with Crippen molar-refractivity contribution in [1.82, 2.24) is 20.9 Å². The molecule has 0 aromatic carbocycles. The second kappa shape index (κ2) is 22.8. The van der Waals surface area contributed by atoms with Gasteiger partial charge in [0.2, 0.25) is 0 Å². The summed E-state index contributed by atoms with van der Waals surface area (Å²) in [5, 5.41) is 44.2. The maximum atomic E-state index is 15.7. The quantitative estimate of drug-likeness (QED) is 0.0497. The lowest BCUT2D eigenvalue weighted by Gasteiger charge is -2.58. The van der Waals surface area contributed by atoms with E-state index in [1.54, 1.807) is 10.8 Å². The number of allylic oxidation sites excluding steroid dienone is 5. The van der Waals surface area contributed by atoms with Gasteiger partial charge >= 0.3 is 11.9 Å². The second-order valence-corrected chi connectivity index (χ2v) is 29.0. The van der Waals surface area contributed by atoms with E-state index in [2.05, 4.69) is 52.9 Å². The number of aliphatic hydroxyl groups is 3. The molecule has 6 N–H and O–H groups in total. The van der Waals surface area contributed by atoms with Crippen LogP contribution in [0.5, 0.6) is 0 Å². The fourth-order valence-electron chi connectivity index (χ4n) is 19.0. The molecule has 2 amide bonds. The van der Waals surface area contributed by atoms with Gasteiger partial charge in [0.1, 0.15) is 11.5 Å². The number of ether oxygens (including phenoxy) is 2. The molecule has 5 heterocycles. The standard InChI is InChI=1S/C65H84N4O9S2/c1-2-64(23-6-7-24-64)49-17-14-43-30-47-45-21-25-65(58(47)57-55(43)60(49)78-62(57)75)51-18-16-46(44-15-13-37-27-39(35-71)28-38(34-70)9-8-12-41(44)29-37)61(67-32-50(72)40-10-4-3-5-11-40)80-79-36-68-52-31-42(22-26-66-52)48(56(45)59(65)63(76)77-51)33-69-53(73)19-20-54(69)74/h18-20,22,31,37-41,43-48,50,58,61,66-68,70-72H,2-7,10-17,21,23-30,32-36H2,1H3/b51-18-/t37-,38+,39+,41-,43-,44+,45-,46+,47-,48+,50-,58+,61-,65-/m0/s1. The van der Waals surface area contributed by atoms with Crippen molar-refractivity contribution in [2.75, 3.05) is 38.7 Å². The van der Waals surface area contributed by atoms with Gasteiger partial charge in [0.25, 0.3) is 11.8 Å². The van der Waals surface area contributed by atoms with Crippen molar-refractivity contribution in [3.05, 3.63) is 81.2 Å². The number of nitrogens with zero attached hydrogens (tertiary/aromatic N) is 1. The zero-order valence-electron chi connectivity index (χ0n) is 46.8. The molecule has 0 aromatic heterocycles. The van der Waals surface area contributed by atoms with Crippen molar-refractivity contribution < 1.29 is 44.0 Å². The van der Waals surface area contributed by atoms with Gasteiger partial charge in [0, 0.05) is 73.7 Å². The van der Waals surface area contributed by atoms with E-state index in [-0.39, 0.29) is 113 Å². The summed E-state index contributed by atoms with van der Waals surface area (Å²) in [6.07, 6.45) is 29.9. The number of carbonyl (C=O) groups is 4. The Morgan fingerprint density at radius 1 is 0.850 bits per heavy atom. The van der Waals surface area contributed by atoms with E-state index in [9.17, 15) is 24.9 Å². The molecule has 14 rings (SSSR count). The molecule has 0 radical (unpaired) electrons. The van der Waals surface area contributed by atoms with Gasteiger partial charge in [0.15, 0.2) is 0 Å². The van der Waals surface area contributed by atoms with Crippen LogP contribution in [0, 0.1) is 93.7 Å². The van der Waals surface area contributed by atoms with Crippen molar-refractivity contribution in [2.24, 2.45) is 81.8 Å². The Labute approximate surface area is 481 Å². The number of rotatable bonds is 11. The van der Waals surface area contributed by atoms with Crippen LogP contribution in [-0.4, -0.2) is 94.2 Å². The van der Waals surface area contributed by atoms with Crippen LogP contribution in [0.4, 0.5) is 0 Å². The lowest BCUT2D eigenvalue weighted by Crippen LogP contribution is -2.55. The number of fused-ring (bicyclic) bond motifs is 4. The van der Waals surface area contributed by atoms with Gasteiger partial charge in [-0.05, 0) is 184 Å². The van der Waals surface area contributed by atoms with Crippen molar-refractivity contribution in [3.8, 4) is 11.8 Å². The fraction of sp³-hybridized carbons (Fsp3) is 0.692. The number of carbonyl (C=O) groups excluding carboxylic acids is 4. The molecule has 14 aliphatic rings. The highest BCUT2D eigenvalue weighted by atomic mass is 33.1. The van der Waals surface area contributed by atoms with Crippen LogP contribution in [0.2, 0.25) is 0 Å². The summed E-state index contributed by atoms with van der Waals surface area (Å²) < 4.78 is 13.7. The van der Waals surface area contributed by atoms with E-state index in [0.717, 1.165) is 130 Å². The minimum absolute atomic E-state index is 0.0121. The van der Waals surface area contributed by atoms with Gasteiger partial charge in [-0.15, -0.1) is 5.92 Å². The molecule has 1 spiro atoms. The number of amides is 2. The summed E-state index contributed by atoms with van der Waals surface area (Å²) in [5.41, 5.74) is 4.77. The van der Waals surface area contributed by atoms with Crippen LogP contribution in [0.3, 0.4) is 0 Å². The maximum Gasteiger partial charge on any atom is 0.340 e. The maximum absolute atomic E-state index is 15.7. The molecule has 14 atom stereocenters. The van der Waals surface area contributed by atoms with E-state index in [4.69, 9.17) is 9.47 Å². The van der Waals surface area contributed by atoms with Gasteiger partial charge in [-0.2, -0.15) is 0 Å². The van der Waals surface area contributed by atoms with E-state index in [1.165, 1.54) is 41.9 Å². The van der Waals surface area contributed by atoms with Crippen LogP contribution in [-0.2, 0) is 28.7 Å². The number of esters is 2. The average molecular weight is 1130 g/mol. The zero-order chi connectivity index (χ0) is 54.9. The van der Waals surface area contributed by atoms with Crippen molar-refractivity contribution in [1.29, 1.82) is 0 Å². The SMILES string of the molecule is CCC1(C2=C3OC(=O)C4=C3[C@@H](CC2)C[C@H]2[C@@H]3CC[C@@]5(C6=C3[C@H](CN3C(=O)C=CC3=O)C3=CCNC(=C3)NCSS[C@H](NC[C@H](O)C3CCCCC3)[C@@H]([C@@H]3CC[C@H]7C[C@@H](CO)C[C@H](CO)C#CC[C@H]3C7)C/C=C/5OC6=O)[C@@H]42)CCCC1. The smallest absolute Gasteiger partial charge is 0.340 e. The third kappa shape index (κ3) is 9.65. The number of hydrogen-bond donors (Lipinski definition) is 6. The Hall–Kier alpha value is -4.04. The third-order valence-corrected chi connectivity index (χ3v) is 25.2. The molecule has 80 heavy (non-hydrogen) atoms. The lowest BCUT2D eigenvalue weighted by molar-refractivity contribution is -0.138. The topological polar surface area (TPSA) is 187 Å². The second-order valence-electron chi connectivity index (χ2n) is 26.5. The molecule has 0 unspecified atom stereocenters. The van der Waals surface area contributed by atoms with Crippen molar-refractivity contribution >= 4 is 45.3 Å². The van der Waals surface area contributed by atoms with E-state index in [0.29, 0.717) is 61.9 Å². The molecular formula is C65H84N4O9S2. The number of imide groups is 1. The lowest BCUT2D eigenvalue weighted by atomic mass is 9.42. The Kier molecular flexibility index (Phi) is 15.8. The first-order valence-electron chi connectivity index (χ1n) is 31.2. The molecular weight excluding hydrogens is 1040 g/mol. The van der Waals surface area contributed by atoms with Gasteiger partial charge in [-0.3, -0.25) is 14.5 Å². The van der Waals surface area contributed by atoms with Gasteiger partial charge < -0.3 is 40.7 Å². The van der Waals surface area contributed by atoms with E-state index >= 15 is 9.59 Å². The molecule has 430 valence electrons. The highest BCUT2D eigenvalue weighted by Gasteiger charge is 2.70. The Balaban J connectivity index is 0.978. The number of aliphatic hydroxyl groups excluding tert-OH is 3. The van der Waals surface area contributed by atoms with Crippen LogP contribution < -0.4 is 16.0 Å². The van der Waals surface area contributed by atoms with Crippen LogP contribution in [0.25, 0.3) is 0 Å². The molecule has 1 saturated heterocycles. The monoisotopic (exact) mass is 1130 g/mol. The van der Waals surface area contributed by atoms with Gasteiger partial charge in [-0.25, -0.2) is 9.59 Å². The summed E-state index contributed by atoms with van der Waals surface area (Å²) in [5.74, 6) is 8.77. The number of nitrogens with one attached hydrogen (secondary N) is 3. The normalized spacial score (nSPS) is 38.8. The molecule has 13 nitrogen and oxygen atoms in total. The minimum Gasteiger partial charge on any atom is -0.427 e. The zero-order valence-corrected chi connectivity index (χ0v) is 48.5. The van der Waals surface area contributed by atoms with E-state index in [1.807, 2.05) is 10.8 Å². The summed E-state index contributed by atoms with van der Waals surface area (Å²) in [4.78, 5) is 59.7. The van der Waals surface area contributed by atoms with Crippen molar-refractivity contribution in [2.45, 2.75) is 160 Å². The van der Waals surface area contributed by atoms with Crippen LogP contribution >= 0.6 is 21.6 Å². The molecule has 4 saturated carbocycles. The molecule has 5 fully saturated rings. The van der Waals surface area contributed by atoms with Gasteiger partial charge in [0.05, 0.1) is 40.8 Å². The minimum atomic E-state index is -0.990. The summed E-state index contributed by atoms with van der Waals surface area (Å²) >= 11 is 0. The summed E-state index contributed by atoms with van der Waals surface area (Å²) in [7, 11) is 3.56. The number of hydrogen-bond acceptors (Lipinski definition) is 14. The molecule has 15 heteroatoms.